The third kappa shape index (κ3) is 60.0. The molecule has 1 unspecified atom stereocenters. The summed E-state index contributed by atoms with van der Waals surface area (Å²) in [4.78, 5) is 38.2. The van der Waals surface area contributed by atoms with E-state index >= 15 is 0 Å². The summed E-state index contributed by atoms with van der Waals surface area (Å²) in [5.74, 6) is -0.862. The quantitative estimate of drug-likeness (QED) is 0.0261. The smallest absolute Gasteiger partial charge is 0.306 e. The second-order valence-corrected chi connectivity index (χ2v) is 21.6. The Balaban J connectivity index is 4.16. The van der Waals surface area contributed by atoms with Crippen molar-refractivity contribution < 1.29 is 28.6 Å². The van der Waals surface area contributed by atoms with E-state index in [2.05, 4.69) is 81.5 Å². The number of rotatable bonds is 59. The molecule has 0 bridgehead atoms. The molecule has 0 aliphatic rings. The third-order valence-corrected chi connectivity index (χ3v) is 14.3. The largest absolute Gasteiger partial charge is 0.462 e. The van der Waals surface area contributed by atoms with Gasteiger partial charge >= 0.3 is 17.9 Å². The number of carbonyl (C=O) groups excluding carboxylic acids is 3. The number of carbonyl (C=O) groups is 3. The fourth-order valence-electron chi connectivity index (χ4n) is 9.43. The van der Waals surface area contributed by atoms with Gasteiger partial charge in [-0.3, -0.25) is 14.4 Å². The van der Waals surface area contributed by atoms with Crippen LogP contribution in [0.1, 0.15) is 335 Å². The molecule has 0 aliphatic carbocycles. The van der Waals surface area contributed by atoms with Crippen LogP contribution in [0, 0.1) is 0 Å². The van der Waals surface area contributed by atoms with Crippen molar-refractivity contribution in [2.75, 3.05) is 13.2 Å². The summed E-state index contributed by atoms with van der Waals surface area (Å²) in [5, 5.41) is 0. The molecule has 0 N–H and O–H groups in total. The van der Waals surface area contributed by atoms with E-state index in [0.717, 1.165) is 89.9 Å². The average molecular weight is 1040 g/mol. The molecule has 0 radical (unpaired) electrons. The average Bonchev–Trinajstić information content (AvgIpc) is 3.40. The molecule has 1 atom stereocenters. The van der Waals surface area contributed by atoms with Gasteiger partial charge in [0.25, 0.3) is 0 Å². The van der Waals surface area contributed by atoms with Gasteiger partial charge in [0.2, 0.25) is 0 Å². The molecule has 6 heteroatoms. The Morgan fingerprint density at radius 1 is 0.284 bits per heavy atom. The molecule has 74 heavy (non-hydrogen) atoms. The van der Waals surface area contributed by atoms with Crippen LogP contribution in [0.15, 0.2) is 60.8 Å². The van der Waals surface area contributed by atoms with Crippen LogP contribution in [-0.2, 0) is 28.6 Å². The van der Waals surface area contributed by atoms with Crippen molar-refractivity contribution in [1.29, 1.82) is 0 Å². The SMILES string of the molecule is CC/C=C\C/C=C\C/C=C\C/C=C\CCCCCCCCCCCCCCCCCCC(=O)OCC(COC(=O)CCCCCCC/C=C\CCCCC)OC(=O)CCCCCCCCCCCCCCCCC. The summed E-state index contributed by atoms with van der Waals surface area (Å²) in [6.45, 7) is 6.54. The molecule has 0 aliphatic heterocycles. The number of allylic oxidation sites excluding steroid dienone is 10. The van der Waals surface area contributed by atoms with Gasteiger partial charge in [0, 0.05) is 19.3 Å². The molecule has 0 saturated carbocycles. The van der Waals surface area contributed by atoms with Crippen molar-refractivity contribution in [2.45, 2.75) is 341 Å². The summed E-state index contributed by atoms with van der Waals surface area (Å²) in [6, 6.07) is 0. The first-order chi connectivity index (χ1) is 36.5. The normalized spacial score (nSPS) is 12.4. The number of hydrogen-bond acceptors (Lipinski definition) is 6. The van der Waals surface area contributed by atoms with Gasteiger partial charge in [-0.05, 0) is 83.5 Å². The Bertz CT molecular complexity index is 1330. The van der Waals surface area contributed by atoms with E-state index in [0.29, 0.717) is 19.3 Å². The first-order valence-electron chi connectivity index (χ1n) is 32.3. The summed E-state index contributed by atoms with van der Waals surface area (Å²) >= 11 is 0. The van der Waals surface area contributed by atoms with E-state index in [4.69, 9.17) is 14.2 Å². The van der Waals surface area contributed by atoms with Crippen LogP contribution < -0.4 is 0 Å². The number of hydrogen-bond donors (Lipinski definition) is 0. The molecule has 0 aromatic rings. The van der Waals surface area contributed by atoms with E-state index in [1.807, 2.05) is 0 Å². The zero-order chi connectivity index (χ0) is 53.6. The first kappa shape index (κ1) is 71.1. The summed E-state index contributed by atoms with van der Waals surface area (Å²) < 4.78 is 16.9. The maximum atomic E-state index is 12.9. The van der Waals surface area contributed by atoms with Crippen molar-refractivity contribution in [1.82, 2.24) is 0 Å². The zero-order valence-electron chi connectivity index (χ0n) is 49.4. The third-order valence-electron chi connectivity index (χ3n) is 14.3. The molecule has 0 rings (SSSR count). The van der Waals surface area contributed by atoms with E-state index < -0.39 is 6.10 Å². The van der Waals surface area contributed by atoms with Crippen LogP contribution in [0.2, 0.25) is 0 Å². The molecule has 0 fully saturated rings. The molecule has 0 saturated heterocycles. The lowest BCUT2D eigenvalue weighted by molar-refractivity contribution is -0.167. The van der Waals surface area contributed by atoms with E-state index in [9.17, 15) is 14.4 Å². The minimum Gasteiger partial charge on any atom is -0.462 e. The topological polar surface area (TPSA) is 78.9 Å². The minimum atomic E-state index is -0.774. The van der Waals surface area contributed by atoms with Crippen LogP contribution >= 0.6 is 0 Å². The lowest BCUT2D eigenvalue weighted by Crippen LogP contribution is -2.30. The molecule has 6 nitrogen and oxygen atoms in total. The summed E-state index contributed by atoms with van der Waals surface area (Å²) in [7, 11) is 0. The van der Waals surface area contributed by atoms with Crippen LogP contribution in [0.5, 0.6) is 0 Å². The molecular formula is C68H122O6. The highest BCUT2D eigenvalue weighted by Gasteiger charge is 2.19. The second kappa shape index (κ2) is 62.6. The van der Waals surface area contributed by atoms with Crippen LogP contribution in [0.3, 0.4) is 0 Å². The van der Waals surface area contributed by atoms with Gasteiger partial charge in [-0.15, -0.1) is 0 Å². The van der Waals surface area contributed by atoms with Gasteiger partial charge in [-0.25, -0.2) is 0 Å². The highest BCUT2D eigenvalue weighted by atomic mass is 16.6. The fraction of sp³-hybridized carbons (Fsp3) is 0.809. The van der Waals surface area contributed by atoms with Gasteiger partial charge < -0.3 is 14.2 Å². The van der Waals surface area contributed by atoms with Crippen molar-refractivity contribution >= 4 is 17.9 Å². The van der Waals surface area contributed by atoms with Gasteiger partial charge in [0.05, 0.1) is 0 Å². The van der Waals surface area contributed by atoms with Crippen molar-refractivity contribution in [2.24, 2.45) is 0 Å². The maximum absolute atomic E-state index is 12.9. The number of ether oxygens (including phenoxy) is 3. The van der Waals surface area contributed by atoms with E-state index in [-0.39, 0.29) is 31.1 Å². The number of unbranched alkanes of at least 4 members (excludes halogenated alkanes) is 38. The molecule has 0 amide bonds. The highest BCUT2D eigenvalue weighted by molar-refractivity contribution is 5.71. The standard InChI is InChI=1S/C68H122O6/c1-4-7-10-13-16-19-22-25-27-28-29-30-31-32-33-34-35-36-37-38-39-40-42-43-46-49-52-55-58-61-67(70)73-64-65(63-72-66(69)60-57-54-51-48-45-24-21-18-15-12-9-6-3)74-68(71)62-59-56-53-50-47-44-41-26-23-20-17-14-11-8-5-2/h7,10,16,18-19,21,25,27,29-30,65H,4-6,8-9,11-15,17,20,22-24,26,28,31-64H2,1-3H3/b10-7-,19-16-,21-18-,27-25-,30-29-. The summed E-state index contributed by atoms with van der Waals surface area (Å²) in [6.07, 6.45) is 79.5. The Kier molecular flexibility index (Phi) is 60.2. The lowest BCUT2D eigenvalue weighted by atomic mass is 10.0. The van der Waals surface area contributed by atoms with E-state index in [1.165, 1.54) is 205 Å². The van der Waals surface area contributed by atoms with Crippen LogP contribution in [0.25, 0.3) is 0 Å². The first-order valence-corrected chi connectivity index (χ1v) is 32.3. The van der Waals surface area contributed by atoms with Crippen molar-refractivity contribution in [3.63, 3.8) is 0 Å². The van der Waals surface area contributed by atoms with Gasteiger partial charge in [-0.1, -0.05) is 293 Å². The predicted molar refractivity (Wildman–Crippen MR) is 321 cm³/mol. The highest BCUT2D eigenvalue weighted by Crippen LogP contribution is 2.17. The predicted octanol–water partition coefficient (Wildman–Crippen LogP) is 21.9. The molecule has 430 valence electrons. The van der Waals surface area contributed by atoms with Gasteiger partial charge in [-0.2, -0.15) is 0 Å². The number of esters is 3. The monoisotopic (exact) mass is 1030 g/mol. The second-order valence-electron chi connectivity index (χ2n) is 21.6. The maximum Gasteiger partial charge on any atom is 0.306 e. The van der Waals surface area contributed by atoms with Crippen molar-refractivity contribution in [3.05, 3.63) is 60.8 Å². The van der Waals surface area contributed by atoms with E-state index in [1.54, 1.807) is 0 Å². The van der Waals surface area contributed by atoms with Gasteiger partial charge in [0.1, 0.15) is 13.2 Å². The Hall–Kier alpha value is -2.89. The Labute approximate surface area is 460 Å². The lowest BCUT2D eigenvalue weighted by Gasteiger charge is -2.18. The molecular weight excluding hydrogens is 913 g/mol. The fourth-order valence-corrected chi connectivity index (χ4v) is 9.43. The van der Waals surface area contributed by atoms with Crippen molar-refractivity contribution in [3.8, 4) is 0 Å². The summed E-state index contributed by atoms with van der Waals surface area (Å²) in [5.41, 5.74) is 0. The molecule has 0 heterocycles. The molecule has 0 spiro atoms. The molecule has 0 aromatic carbocycles. The van der Waals surface area contributed by atoms with Gasteiger partial charge in [0.15, 0.2) is 6.10 Å². The molecule has 0 aromatic heterocycles. The van der Waals surface area contributed by atoms with Crippen LogP contribution in [0.4, 0.5) is 0 Å². The Morgan fingerprint density at radius 3 is 0.865 bits per heavy atom. The zero-order valence-corrected chi connectivity index (χ0v) is 49.4. The minimum absolute atomic E-state index is 0.0719. The van der Waals surface area contributed by atoms with Crippen LogP contribution in [-0.4, -0.2) is 37.2 Å². The Morgan fingerprint density at radius 2 is 0.527 bits per heavy atom.